The van der Waals surface area contributed by atoms with Crippen LogP contribution in [0.5, 0.6) is 17.6 Å². The highest BCUT2D eigenvalue weighted by molar-refractivity contribution is 5.72. The topological polar surface area (TPSA) is 88.3 Å². The molecule has 1 aliphatic heterocycles. The van der Waals surface area contributed by atoms with Gasteiger partial charge in [0.25, 0.3) is 0 Å². The number of piperidine rings is 1. The second kappa shape index (κ2) is 10.5. The number of aliphatic carboxylic acids is 1. The quantitative estimate of drug-likeness (QED) is 0.509. The van der Waals surface area contributed by atoms with E-state index in [4.69, 9.17) is 19.0 Å². The Morgan fingerprint density at radius 2 is 1.84 bits per heavy atom. The Morgan fingerprint density at radius 3 is 2.56 bits per heavy atom. The van der Waals surface area contributed by atoms with Crippen LogP contribution in [0.2, 0.25) is 0 Å². The third kappa shape index (κ3) is 5.99. The Bertz CT molecular complexity index is 979. The van der Waals surface area contributed by atoms with E-state index in [0.717, 1.165) is 37.2 Å². The van der Waals surface area contributed by atoms with Crippen LogP contribution in [0.3, 0.4) is 0 Å². The normalized spacial score (nSPS) is 15.3. The molecule has 0 atom stereocenters. The van der Waals surface area contributed by atoms with Crippen molar-refractivity contribution >= 4 is 17.1 Å². The van der Waals surface area contributed by atoms with Gasteiger partial charge in [0.05, 0.1) is 6.42 Å². The first-order chi connectivity index (χ1) is 15.6. The first kappa shape index (κ1) is 22.1. The molecule has 4 rings (SSSR count). The minimum Gasteiger partial charge on any atom is -0.492 e. The number of carboxylic acid groups (broad SMARTS) is 1. The number of likely N-dealkylation sites (tertiary alicyclic amines) is 1. The third-order valence-corrected chi connectivity index (χ3v) is 5.77. The molecular weight excluding hydrogens is 410 g/mol. The van der Waals surface area contributed by atoms with E-state index in [0.29, 0.717) is 37.1 Å². The number of para-hydroxylation sites is 2. The summed E-state index contributed by atoms with van der Waals surface area (Å²) in [6.07, 6.45) is 2.46. The molecule has 32 heavy (non-hydrogen) atoms. The number of carboxylic acids is 1. The van der Waals surface area contributed by atoms with E-state index >= 15 is 0 Å². The number of hydrogen-bond donors (Lipinski definition) is 1. The molecule has 0 aliphatic carbocycles. The van der Waals surface area contributed by atoms with Gasteiger partial charge in [0.1, 0.15) is 23.6 Å². The van der Waals surface area contributed by atoms with E-state index in [-0.39, 0.29) is 12.5 Å². The highest BCUT2D eigenvalue weighted by atomic mass is 16.6. The first-order valence-corrected chi connectivity index (χ1v) is 11.0. The number of oxazole rings is 1. The molecule has 3 aromatic rings. The van der Waals surface area contributed by atoms with Crippen LogP contribution in [0.15, 0.2) is 52.9 Å². The van der Waals surface area contributed by atoms with Gasteiger partial charge in [-0.05, 0) is 69.4 Å². The Labute approximate surface area is 187 Å². The summed E-state index contributed by atoms with van der Waals surface area (Å²) in [4.78, 5) is 19.9. The van der Waals surface area contributed by atoms with Crippen molar-refractivity contribution in [3.63, 3.8) is 0 Å². The van der Waals surface area contributed by atoms with E-state index in [1.54, 1.807) is 0 Å². The van der Waals surface area contributed by atoms with Crippen molar-refractivity contribution in [2.75, 3.05) is 39.8 Å². The van der Waals surface area contributed by atoms with Crippen molar-refractivity contribution in [1.82, 2.24) is 14.8 Å². The van der Waals surface area contributed by atoms with Crippen molar-refractivity contribution in [3.8, 4) is 17.6 Å². The Balaban J connectivity index is 1.28. The molecule has 1 aromatic heterocycles. The van der Waals surface area contributed by atoms with Gasteiger partial charge in [-0.1, -0.05) is 12.1 Å². The summed E-state index contributed by atoms with van der Waals surface area (Å²) in [6, 6.07) is 15.2. The maximum absolute atomic E-state index is 11.1. The van der Waals surface area contributed by atoms with Gasteiger partial charge in [-0.3, -0.25) is 9.69 Å². The second-order valence-electron chi connectivity index (χ2n) is 8.08. The Kier molecular flexibility index (Phi) is 7.24. The van der Waals surface area contributed by atoms with Crippen LogP contribution in [-0.2, 0) is 4.79 Å². The molecule has 0 unspecified atom stereocenters. The highest BCUT2D eigenvalue weighted by Crippen LogP contribution is 2.26. The van der Waals surface area contributed by atoms with Crippen molar-refractivity contribution in [1.29, 1.82) is 0 Å². The SMILES string of the molecule is CN1CCC(N(CCOc2ccc(Oc3nc4ccccc4o3)cc2)CCC(=O)O)CC1. The van der Waals surface area contributed by atoms with E-state index in [9.17, 15) is 4.79 Å². The summed E-state index contributed by atoms with van der Waals surface area (Å²) in [5.41, 5.74) is 1.43. The number of carbonyl (C=O) groups is 1. The van der Waals surface area contributed by atoms with Gasteiger partial charge >= 0.3 is 12.0 Å². The van der Waals surface area contributed by atoms with Gasteiger partial charge in [-0.25, -0.2) is 0 Å². The van der Waals surface area contributed by atoms with Crippen molar-refractivity contribution < 1.29 is 23.8 Å². The standard InChI is InChI=1S/C24H29N3O5/c1-26-13-10-18(11-14-26)27(15-12-23(28)29)16-17-30-19-6-8-20(9-7-19)31-24-25-21-4-2-3-5-22(21)32-24/h2-9,18H,10-17H2,1H3,(H,28,29). The molecule has 1 N–H and O–H groups in total. The number of hydrogen-bond acceptors (Lipinski definition) is 7. The zero-order valence-corrected chi connectivity index (χ0v) is 18.3. The molecule has 1 fully saturated rings. The third-order valence-electron chi connectivity index (χ3n) is 5.77. The monoisotopic (exact) mass is 439 g/mol. The number of aromatic nitrogens is 1. The van der Waals surface area contributed by atoms with Crippen molar-refractivity contribution in [2.24, 2.45) is 0 Å². The molecule has 2 heterocycles. The molecular formula is C24H29N3O5. The van der Waals surface area contributed by atoms with Crippen LogP contribution in [0, 0.1) is 0 Å². The molecule has 0 saturated carbocycles. The smallest absolute Gasteiger partial charge is 0.400 e. The number of fused-ring (bicyclic) bond motifs is 1. The Morgan fingerprint density at radius 1 is 1.12 bits per heavy atom. The lowest BCUT2D eigenvalue weighted by molar-refractivity contribution is -0.137. The van der Waals surface area contributed by atoms with Gasteiger partial charge in [0.15, 0.2) is 5.58 Å². The molecule has 8 heteroatoms. The van der Waals surface area contributed by atoms with E-state index in [1.165, 1.54) is 0 Å². The molecule has 0 radical (unpaired) electrons. The fraction of sp³-hybridized carbons (Fsp3) is 0.417. The van der Waals surface area contributed by atoms with E-state index in [1.807, 2.05) is 48.5 Å². The van der Waals surface area contributed by atoms with E-state index in [2.05, 4.69) is 21.8 Å². The second-order valence-corrected chi connectivity index (χ2v) is 8.08. The van der Waals surface area contributed by atoms with Crippen LogP contribution in [0.25, 0.3) is 11.1 Å². The molecule has 1 saturated heterocycles. The van der Waals surface area contributed by atoms with Crippen LogP contribution in [0.1, 0.15) is 19.3 Å². The molecule has 2 aromatic carbocycles. The number of rotatable bonds is 10. The lowest BCUT2D eigenvalue weighted by atomic mass is 10.0. The first-order valence-electron chi connectivity index (χ1n) is 11.0. The van der Waals surface area contributed by atoms with Crippen LogP contribution in [-0.4, -0.2) is 71.7 Å². The predicted octanol–water partition coefficient (Wildman–Crippen LogP) is 3.87. The summed E-state index contributed by atoms with van der Waals surface area (Å²) in [7, 11) is 2.12. The zero-order valence-electron chi connectivity index (χ0n) is 18.3. The van der Waals surface area contributed by atoms with Crippen LogP contribution in [0.4, 0.5) is 0 Å². The number of ether oxygens (including phenoxy) is 2. The average molecular weight is 440 g/mol. The minimum absolute atomic E-state index is 0.147. The molecule has 0 amide bonds. The number of benzene rings is 2. The predicted molar refractivity (Wildman–Crippen MR) is 120 cm³/mol. The van der Waals surface area contributed by atoms with Crippen LogP contribution < -0.4 is 9.47 Å². The van der Waals surface area contributed by atoms with Gasteiger partial charge in [0, 0.05) is 19.1 Å². The highest BCUT2D eigenvalue weighted by Gasteiger charge is 2.23. The van der Waals surface area contributed by atoms with Gasteiger partial charge in [-0.15, -0.1) is 0 Å². The van der Waals surface area contributed by atoms with Gasteiger partial charge in [-0.2, -0.15) is 4.98 Å². The summed E-state index contributed by atoms with van der Waals surface area (Å²) in [5.74, 6) is 0.577. The fourth-order valence-corrected chi connectivity index (χ4v) is 3.96. The lowest BCUT2D eigenvalue weighted by Crippen LogP contribution is -2.45. The van der Waals surface area contributed by atoms with Gasteiger partial charge in [0.2, 0.25) is 0 Å². The maximum Gasteiger partial charge on any atom is 0.400 e. The largest absolute Gasteiger partial charge is 0.492 e. The summed E-state index contributed by atoms with van der Waals surface area (Å²) in [5, 5.41) is 9.09. The maximum atomic E-state index is 11.1. The fourth-order valence-electron chi connectivity index (χ4n) is 3.96. The molecule has 8 nitrogen and oxygen atoms in total. The van der Waals surface area contributed by atoms with Crippen molar-refractivity contribution in [2.45, 2.75) is 25.3 Å². The lowest BCUT2D eigenvalue weighted by Gasteiger charge is -2.37. The zero-order chi connectivity index (χ0) is 22.3. The summed E-state index contributed by atoms with van der Waals surface area (Å²) >= 11 is 0. The number of nitrogens with zero attached hydrogens (tertiary/aromatic N) is 3. The summed E-state index contributed by atoms with van der Waals surface area (Å²) < 4.78 is 17.2. The molecule has 1 aliphatic rings. The minimum atomic E-state index is -0.765. The van der Waals surface area contributed by atoms with Gasteiger partial charge < -0.3 is 23.9 Å². The van der Waals surface area contributed by atoms with Crippen LogP contribution >= 0.6 is 0 Å². The molecule has 0 spiro atoms. The summed E-state index contributed by atoms with van der Waals surface area (Å²) in [6.45, 7) is 3.82. The molecule has 0 bridgehead atoms. The Hall–Kier alpha value is -3.10. The average Bonchev–Trinajstić information content (AvgIpc) is 3.20. The van der Waals surface area contributed by atoms with Crippen molar-refractivity contribution in [3.05, 3.63) is 48.5 Å². The molecule has 170 valence electrons. The van der Waals surface area contributed by atoms with E-state index < -0.39 is 5.97 Å².